The number of fused-ring (bicyclic) bond motifs is 1. The first-order valence-electron chi connectivity index (χ1n) is 5.39. The maximum Gasteiger partial charge on any atom is 0.165 e. The highest BCUT2D eigenvalue weighted by Crippen LogP contribution is 2.24. The zero-order valence-electron chi connectivity index (χ0n) is 9.35. The summed E-state index contributed by atoms with van der Waals surface area (Å²) in [4.78, 5) is 4.23. The number of nitrogens with zero attached hydrogens (tertiary/aromatic N) is 4. The van der Waals surface area contributed by atoms with E-state index in [0.717, 1.165) is 29.5 Å². The van der Waals surface area contributed by atoms with Crippen LogP contribution in [0.25, 0.3) is 11.4 Å². The van der Waals surface area contributed by atoms with Gasteiger partial charge in [0.05, 0.1) is 12.3 Å². The molecule has 5 nitrogen and oxygen atoms in total. The van der Waals surface area contributed by atoms with Crippen LogP contribution in [0.15, 0.2) is 12.1 Å². The third kappa shape index (κ3) is 1.81. The fraction of sp³-hybridized carbons (Fsp3) is 0.364. The van der Waals surface area contributed by atoms with Gasteiger partial charge in [0.25, 0.3) is 0 Å². The number of hydrogen-bond acceptors (Lipinski definition) is 4. The van der Waals surface area contributed by atoms with Gasteiger partial charge in [-0.05, 0) is 19.1 Å². The van der Waals surface area contributed by atoms with E-state index in [1.54, 1.807) is 6.07 Å². The van der Waals surface area contributed by atoms with Crippen molar-refractivity contribution in [2.45, 2.75) is 20.1 Å². The van der Waals surface area contributed by atoms with E-state index in [4.69, 9.17) is 16.3 Å². The Morgan fingerprint density at radius 1 is 1.35 bits per heavy atom. The Hall–Kier alpha value is -1.46. The molecule has 1 aliphatic rings. The molecule has 1 aliphatic heterocycles. The summed E-state index contributed by atoms with van der Waals surface area (Å²) in [6.45, 7) is 3.91. The van der Waals surface area contributed by atoms with Crippen molar-refractivity contribution in [1.82, 2.24) is 19.7 Å². The van der Waals surface area contributed by atoms with Crippen molar-refractivity contribution in [3.8, 4) is 11.4 Å². The van der Waals surface area contributed by atoms with Crippen molar-refractivity contribution in [3.05, 3.63) is 28.8 Å². The minimum absolute atomic E-state index is 0.493. The van der Waals surface area contributed by atoms with Gasteiger partial charge < -0.3 is 9.30 Å². The van der Waals surface area contributed by atoms with Crippen molar-refractivity contribution in [1.29, 1.82) is 0 Å². The third-order valence-corrected chi connectivity index (χ3v) is 3.02. The highest BCUT2D eigenvalue weighted by atomic mass is 35.5. The minimum Gasteiger partial charge on any atom is -0.372 e. The first-order chi connectivity index (χ1) is 8.25. The Kier molecular flexibility index (Phi) is 2.57. The Bertz CT molecular complexity index is 567. The first kappa shape index (κ1) is 10.7. The lowest BCUT2D eigenvalue weighted by atomic mass is 10.2. The fourth-order valence-corrected chi connectivity index (χ4v) is 2.15. The molecule has 0 saturated carbocycles. The molecule has 0 saturated heterocycles. The van der Waals surface area contributed by atoms with E-state index in [1.165, 1.54) is 0 Å². The third-order valence-electron chi connectivity index (χ3n) is 2.81. The summed E-state index contributed by atoms with van der Waals surface area (Å²) in [6.07, 6.45) is 0. The number of pyridine rings is 1. The number of aryl methyl sites for hydroxylation is 1. The van der Waals surface area contributed by atoms with E-state index in [0.29, 0.717) is 18.4 Å². The molecule has 0 atom stereocenters. The molecule has 2 aromatic rings. The summed E-state index contributed by atoms with van der Waals surface area (Å²) in [7, 11) is 0. The van der Waals surface area contributed by atoms with Crippen molar-refractivity contribution < 1.29 is 4.74 Å². The molecule has 0 bridgehead atoms. The monoisotopic (exact) mass is 250 g/mol. The predicted molar refractivity (Wildman–Crippen MR) is 62.7 cm³/mol. The quantitative estimate of drug-likeness (QED) is 0.725. The lowest BCUT2D eigenvalue weighted by Crippen LogP contribution is -2.17. The van der Waals surface area contributed by atoms with Gasteiger partial charge in [-0.1, -0.05) is 11.6 Å². The smallest absolute Gasteiger partial charge is 0.165 e. The molecule has 0 unspecified atom stereocenters. The summed E-state index contributed by atoms with van der Waals surface area (Å²) in [6, 6.07) is 3.70. The minimum atomic E-state index is 0.493. The van der Waals surface area contributed by atoms with E-state index in [-0.39, 0.29) is 0 Å². The standard InChI is InChI=1S/C11H11ClN4O/c1-7-8(2-3-9(12)13-7)11-15-14-10-6-17-5-4-16(10)11/h2-3H,4-6H2,1H3. The summed E-state index contributed by atoms with van der Waals surface area (Å²) in [5.74, 6) is 1.70. The number of rotatable bonds is 1. The summed E-state index contributed by atoms with van der Waals surface area (Å²) < 4.78 is 7.41. The number of aromatic nitrogens is 4. The average molecular weight is 251 g/mol. The van der Waals surface area contributed by atoms with Crippen LogP contribution in [0.2, 0.25) is 5.15 Å². The molecule has 0 aromatic carbocycles. The van der Waals surface area contributed by atoms with Gasteiger partial charge in [0.15, 0.2) is 11.6 Å². The Labute approximate surface area is 103 Å². The van der Waals surface area contributed by atoms with Crippen molar-refractivity contribution in [3.63, 3.8) is 0 Å². The van der Waals surface area contributed by atoms with Gasteiger partial charge in [0.2, 0.25) is 0 Å². The normalized spacial score (nSPS) is 14.7. The number of halogens is 1. The van der Waals surface area contributed by atoms with Crippen LogP contribution in [-0.2, 0) is 17.9 Å². The zero-order chi connectivity index (χ0) is 11.8. The molecular weight excluding hydrogens is 240 g/mol. The highest BCUT2D eigenvalue weighted by molar-refractivity contribution is 6.29. The van der Waals surface area contributed by atoms with E-state index in [9.17, 15) is 0 Å². The van der Waals surface area contributed by atoms with Crippen LogP contribution in [0.1, 0.15) is 11.5 Å². The van der Waals surface area contributed by atoms with Gasteiger partial charge in [0, 0.05) is 12.1 Å². The van der Waals surface area contributed by atoms with Crippen molar-refractivity contribution in [2.75, 3.05) is 6.61 Å². The van der Waals surface area contributed by atoms with Crippen LogP contribution in [0.4, 0.5) is 0 Å². The lowest BCUT2D eigenvalue weighted by molar-refractivity contribution is 0.0820. The van der Waals surface area contributed by atoms with Crippen LogP contribution in [0, 0.1) is 6.92 Å². The largest absolute Gasteiger partial charge is 0.372 e. The molecular formula is C11H11ClN4O. The van der Waals surface area contributed by atoms with Gasteiger partial charge in [-0.2, -0.15) is 0 Å². The first-order valence-corrected chi connectivity index (χ1v) is 5.77. The molecule has 3 heterocycles. The summed E-state index contributed by atoms with van der Waals surface area (Å²) >= 11 is 5.85. The van der Waals surface area contributed by atoms with E-state index in [1.807, 2.05) is 13.0 Å². The van der Waals surface area contributed by atoms with Crippen LogP contribution in [0.5, 0.6) is 0 Å². The summed E-state index contributed by atoms with van der Waals surface area (Å²) in [5, 5.41) is 8.83. The second-order valence-electron chi connectivity index (χ2n) is 3.91. The highest BCUT2D eigenvalue weighted by Gasteiger charge is 2.18. The molecule has 0 radical (unpaired) electrons. The van der Waals surface area contributed by atoms with Gasteiger partial charge in [-0.15, -0.1) is 10.2 Å². The Morgan fingerprint density at radius 3 is 3.06 bits per heavy atom. The SMILES string of the molecule is Cc1nc(Cl)ccc1-c1nnc2n1CCOC2. The number of ether oxygens (including phenoxy) is 1. The van der Waals surface area contributed by atoms with Crippen LogP contribution in [-0.4, -0.2) is 26.4 Å². The molecule has 0 N–H and O–H groups in total. The molecule has 17 heavy (non-hydrogen) atoms. The molecule has 3 rings (SSSR count). The lowest BCUT2D eigenvalue weighted by Gasteiger charge is -2.15. The molecule has 0 aliphatic carbocycles. The molecule has 2 aromatic heterocycles. The number of hydrogen-bond donors (Lipinski definition) is 0. The van der Waals surface area contributed by atoms with Crippen LogP contribution in [0.3, 0.4) is 0 Å². The van der Waals surface area contributed by atoms with E-state index < -0.39 is 0 Å². The molecule has 88 valence electrons. The van der Waals surface area contributed by atoms with Gasteiger partial charge in [-0.3, -0.25) is 0 Å². The van der Waals surface area contributed by atoms with Gasteiger partial charge >= 0.3 is 0 Å². The predicted octanol–water partition coefficient (Wildman–Crippen LogP) is 1.83. The molecule has 0 amide bonds. The fourth-order valence-electron chi connectivity index (χ4n) is 1.96. The zero-order valence-corrected chi connectivity index (χ0v) is 10.1. The van der Waals surface area contributed by atoms with Crippen LogP contribution >= 0.6 is 11.6 Å². The van der Waals surface area contributed by atoms with Crippen LogP contribution < -0.4 is 0 Å². The molecule has 0 fully saturated rings. The van der Waals surface area contributed by atoms with Gasteiger partial charge in [0.1, 0.15) is 11.8 Å². The molecule has 6 heteroatoms. The maximum atomic E-state index is 5.85. The van der Waals surface area contributed by atoms with Crippen molar-refractivity contribution >= 4 is 11.6 Å². The Balaban J connectivity index is 2.12. The Morgan fingerprint density at radius 2 is 2.24 bits per heavy atom. The van der Waals surface area contributed by atoms with E-state index in [2.05, 4.69) is 19.7 Å². The van der Waals surface area contributed by atoms with Crippen molar-refractivity contribution in [2.24, 2.45) is 0 Å². The second kappa shape index (κ2) is 4.09. The van der Waals surface area contributed by atoms with Gasteiger partial charge in [-0.25, -0.2) is 4.98 Å². The second-order valence-corrected chi connectivity index (χ2v) is 4.30. The molecule has 0 spiro atoms. The topological polar surface area (TPSA) is 52.8 Å². The summed E-state index contributed by atoms with van der Waals surface area (Å²) in [5.41, 5.74) is 1.83. The average Bonchev–Trinajstić information content (AvgIpc) is 2.73. The van der Waals surface area contributed by atoms with E-state index >= 15 is 0 Å². The maximum absolute atomic E-state index is 5.85.